The van der Waals surface area contributed by atoms with E-state index in [1.165, 1.54) is 12.1 Å². The summed E-state index contributed by atoms with van der Waals surface area (Å²) in [6.07, 6.45) is 1.03. The van der Waals surface area contributed by atoms with Gasteiger partial charge in [0.2, 0.25) is 0 Å². The van der Waals surface area contributed by atoms with Crippen molar-refractivity contribution in [2.75, 3.05) is 27.7 Å². The first kappa shape index (κ1) is 16.9. The summed E-state index contributed by atoms with van der Waals surface area (Å²) in [7, 11) is 5.46. The van der Waals surface area contributed by atoms with E-state index in [9.17, 15) is 9.18 Å². The second-order valence-corrected chi connectivity index (χ2v) is 5.42. The second-order valence-electron chi connectivity index (χ2n) is 5.42. The summed E-state index contributed by atoms with van der Waals surface area (Å²) in [6, 6.07) is 9.88. The molecule has 1 atom stereocenters. The van der Waals surface area contributed by atoms with Crippen LogP contribution in [0.15, 0.2) is 42.6 Å². The normalized spacial score (nSPS) is 12.0. The van der Waals surface area contributed by atoms with Crippen molar-refractivity contribution in [2.24, 2.45) is 0 Å². The van der Waals surface area contributed by atoms with Gasteiger partial charge in [0.15, 0.2) is 0 Å². The van der Waals surface area contributed by atoms with E-state index in [1.807, 2.05) is 43.3 Å². The van der Waals surface area contributed by atoms with Crippen LogP contribution >= 0.6 is 0 Å². The van der Waals surface area contributed by atoms with Gasteiger partial charge in [0.25, 0.3) is 5.91 Å². The molecule has 0 aliphatic rings. The Bertz CT molecular complexity index is 642. The van der Waals surface area contributed by atoms with Crippen molar-refractivity contribution in [3.05, 3.63) is 59.7 Å². The summed E-state index contributed by atoms with van der Waals surface area (Å²) in [6.45, 7) is 0.624. The zero-order chi connectivity index (χ0) is 16.8. The number of nitrogens with one attached hydrogen (secondary N) is 1. The number of aromatic nitrogens is 1. The molecule has 0 saturated heterocycles. The Kier molecular flexibility index (Phi) is 5.65. The van der Waals surface area contributed by atoms with Gasteiger partial charge < -0.3 is 15.0 Å². The third kappa shape index (κ3) is 4.75. The van der Waals surface area contributed by atoms with Crippen LogP contribution in [0.4, 0.5) is 4.39 Å². The van der Waals surface area contributed by atoms with Crippen molar-refractivity contribution in [1.82, 2.24) is 15.2 Å². The van der Waals surface area contributed by atoms with E-state index in [-0.39, 0.29) is 17.6 Å². The topological polar surface area (TPSA) is 54.5 Å². The Labute approximate surface area is 135 Å². The number of ether oxygens (including phenoxy) is 1. The number of hydrogen-bond acceptors (Lipinski definition) is 4. The highest BCUT2D eigenvalue weighted by molar-refractivity contribution is 5.92. The van der Waals surface area contributed by atoms with Crippen molar-refractivity contribution in [3.8, 4) is 5.75 Å². The summed E-state index contributed by atoms with van der Waals surface area (Å²) in [5.74, 6) is -0.0573. The number of rotatable bonds is 6. The maximum Gasteiger partial charge on any atom is 0.270 e. The minimum absolute atomic E-state index is 0.184. The first-order valence-corrected chi connectivity index (χ1v) is 7.20. The van der Waals surface area contributed by atoms with Gasteiger partial charge in [-0.3, -0.25) is 4.79 Å². The number of carbonyl (C=O) groups is 1. The zero-order valence-electron chi connectivity index (χ0n) is 13.4. The van der Waals surface area contributed by atoms with Crippen LogP contribution in [-0.4, -0.2) is 43.5 Å². The minimum atomic E-state index is -0.471. The first-order valence-electron chi connectivity index (χ1n) is 7.20. The lowest BCUT2D eigenvalue weighted by Crippen LogP contribution is -2.35. The summed E-state index contributed by atoms with van der Waals surface area (Å²) < 4.78 is 18.1. The Hall–Kier alpha value is -2.47. The predicted octanol–water partition coefficient (Wildman–Crippen LogP) is 2.26. The van der Waals surface area contributed by atoms with E-state index in [4.69, 9.17) is 4.74 Å². The molecule has 0 saturated carbocycles. The molecule has 0 fully saturated rings. The quantitative estimate of drug-likeness (QED) is 0.888. The first-order chi connectivity index (χ1) is 11.0. The van der Waals surface area contributed by atoms with E-state index in [0.717, 1.165) is 17.5 Å². The molecule has 0 radical (unpaired) electrons. The monoisotopic (exact) mass is 317 g/mol. The van der Waals surface area contributed by atoms with E-state index in [1.54, 1.807) is 7.11 Å². The molecule has 1 heterocycles. The van der Waals surface area contributed by atoms with Gasteiger partial charge in [0.05, 0.1) is 19.3 Å². The predicted molar refractivity (Wildman–Crippen MR) is 86.0 cm³/mol. The largest absolute Gasteiger partial charge is 0.497 e. The third-order valence-corrected chi connectivity index (χ3v) is 3.33. The maximum atomic E-state index is 12.9. The average Bonchev–Trinajstić information content (AvgIpc) is 2.54. The number of benzene rings is 1. The lowest BCUT2D eigenvalue weighted by atomic mass is 10.1. The Morgan fingerprint density at radius 2 is 1.96 bits per heavy atom. The van der Waals surface area contributed by atoms with Crippen molar-refractivity contribution in [3.63, 3.8) is 0 Å². The molecular weight excluding hydrogens is 297 g/mol. The Morgan fingerprint density at radius 1 is 1.26 bits per heavy atom. The molecule has 5 nitrogen and oxygen atoms in total. The lowest BCUT2D eigenvalue weighted by Gasteiger charge is -2.23. The molecule has 1 aromatic carbocycles. The maximum absolute atomic E-state index is 12.9. The molecule has 0 spiro atoms. The number of likely N-dealkylation sites (N-methyl/N-ethyl adjacent to an activating group) is 1. The van der Waals surface area contributed by atoms with Gasteiger partial charge >= 0.3 is 0 Å². The third-order valence-electron chi connectivity index (χ3n) is 3.33. The van der Waals surface area contributed by atoms with Gasteiger partial charge in [0.1, 0.15) is 17.3 Å². The van der Waals surface area contributed by atoms with Crippen LogP contribution in [0.2, 0.25) is 0 Å². The van der Waals surface area contributed by atoms with E-state index < -0.39 is 5.82 Å². The Balaban J connectivity index is 2.17. The molecule has 6 heteroatoms. The molecule has 2 rings (SSSR count). The fourth-order valence-corrected chi connectivity index (χ4v) is 2.18. The van der Waals surface area contributed by atoms with Crippen molar-refractivity contribution in [1.29, 1.82) is 0 Å². The molecular formula is C17H20FN3O2. The van der Waals surface area contributed by atoms with Crippen LogP contribution in [0, 0.1) is 5.82 Å². The molecule has 0 unspecified atom stereocenters. The summed E-state index contributed by atoms with van der Waals surface area (Å²) in [5.41, 5.74) is 1.14. The highest BCUT2D eigenvalue weighted by atomic mass is 19.1. The summed E-state index contributed by atoms with van der Waals surface area (Å²) in [4.78, 5) is 18.1. The van der Waals surface area contributed by atoms with Crippen LogP contribution in [0.3, 0.4) is 0 Å². The standard InChI is InChI=1S/C17H20FN3O2/c1-21(2)11-16(12-4-7-14(23-3)8-5-12)20-17(22)15-9-6-13(18)10-19-15/h4-10,16H,11H2,1-3H3,(H,20,22)/t16-/m0/s1. The molecule has 2 aromatic rings. The molecule has 1 aromatic heterocycles. The summed E-state index contributed by atoms with van der Waals surface area (Å²) >= 11 is 0. The van der Waals surface area contributed by atoms with Gasteiger partial charge in [-0.05, 0) is 43.9 Å². The number of carbonyl (C=O) groups excluding carboxylic acids is 1. The smallest absolute Gasteiger partial charge is 0.270 e. The summed E-state index contributed by atoms with van der Waals surface area (Å²) in [5, 5.41) is 2.93. The highest BCUT2D eigenvalue weighted by Crippen LogP contribution is 2.18. The van der Waals surface area contributed by atoms with Crippen molar-refractivity contribution in [2.45, 2.75) is 6.04 Å². The highest BCUT2D eigenvalue weighted by Gasteiger charge is 2.17. The minimum Gasteiger partial charge on any atom is -0.497 e. The van der Waals surface area contributed by atoms with Gasteiger partial charge in [-0.1, -0.05) is 12.1 Å². The molecule has 0 bridgehead atoms. The van der Waals surface area contributed by atoms with Crippen LogP contribution < -0.4 is 10.1 Å². The van der Waals surface area contributed by atoms with Crippen LogP contribution in [0.25, 0.3) is 0 Å². The SMILES string of the molecule is COc1ccc([C@H](CN(C)C)NC(=O)c2ccc(F)cn2)cc1. The van der Waals surface area contributed by atoms with Crippen molar-refractivity contribution >= 4 is 5.91 Å². The Morgan fingerprint density at radius 3 is 2.48 bits per heavy atom. The molecule has 23 heavy (non-hydrogen) atoms. The van der Waals surface area contributed by atoms with Gasteiger partial charge in [-0.15, -0.1) is 0 Å². The van der Waals surface area contributed by atoms with Crippen LogP contribution in [-0.2, 0) is 0 Å². The molecule has 122 valence electrons. The fourth-order valence-electron chi connectivity index (χ4n) is 2.18. The van der Waals surface area contributed by atoms with Crippen LogP contribution in [0.1, 0.15) is 22.1 Å². The van der Waals surface area contributed by atoms with Gasteiger partial charge in [0, 0.05) is 6.54 Å². The van der Waals surface area contributed by atoms with Gasteiger partial charge in [-0.2, -0.15) is 0 Å². The number of nitrogens with zero attached hydrogens (tertiary/aromatic N) is 2. The molecule has 0 aliphatic heterocycles. The molecule has 1 N–H and O–H groups in total. The van der Waals surface area contributed by atoms with E-state index in [2.05, 4.69) is 10.3 Å². The average molecular weight is 317 g/mol. The number of hydrogen-bond donors (Lipinski definition) is 1. The number of methoxy groups -OCH3 is 1. The number of amides is 1. The number of halogens is 1. The van der Waals surface area contributed by atoms with Crippen molar-refractivity contribution < 1.29 is 13.9 Å². The van der Waals surface area contributed by atoms with Gasteiger partial charge in [-0.25, -0.2) is 9.37 Å². The lowest BCUT2D eigenvalue weighted by molar-refractivity contribution is 0.0925. The number of pyridine rings is 1. The van der Waals surface area contributed by atoms with Crippen LogP contribution in [0.5, 0.6) is 5.75 Å². The molecule has 1 amide bonds. The zero-order valence-corrected chi connectivity index (χ0v) is 13.4. The van der Waals surface area contributed by atoms with E-state index in [0.29, 0.717) is 6.54 Å². The van der Waals surface area contributed by atoms with E-state index >= 15 is 0 Å². The fraction of sp³-hybridized carbons (Fsp3) is 0.294. The molecule has 0 aliphatic carbocycles. The second kappa shape index (κ2) is 7.69.